The quantitative estimate of drug-likeness (QED) is 0.152. The van der Waals surface area contributed by atoms with Crippen molar-refractivity contribution in [1.82, 2.24) is 19.9 Å². The van der Waals surface area contributed by atoms with Crippen molar-refractivity contribution >= 4 is 32.3 Å². The lowest BCUT2D eigenvalue weighted by Crippen LogP contribution is -2.00. The molecule has 0 aliphatic carbocycles. The summed E-state index contributed by atoms with van der Waals surface area (Å²) in [7, 11) is 0. The molecule has 0 radical (unpaired) electrons. The van der Waals surface area contributed by atoms with Gasteiger partial charge in [0.25, 0.3) is 0 Å². The fourth-order valence-corrected chi connectivity index (χ4v) is 8.41. The molecular weight excluding hydrogens is 717 g/mol. The van der Waals surface area contributed by atoms with Gasteiger partial charge in [0.15, 0.2) is 17.5 Å². The molecule has 4 nitrogen and oxygen atoms in total. The van der Waals surface area contributed by atoms with E-state index < -0.39 is 0 Å². The fraction of sp³-hybridized carbons (Fsp3) is 0.0182. The molecule has 9 aromatic carbocycles. The van der Waals surface area contributed by atoms with Crippen molar-refractivity contribution in [2.45, 2.75) is 6.92 Å². The Balaban J connectivity index is 1.09. The van der Waals surface area contributed by atoms with Crippen molar-refractivity contribution in [3.8, 4) is 78.8 Å². The maximum Gasteiger partial charge on any atom is 0.164 e. The summed E-state index contributed by atoms with van der Waals surface area (Å²) in [5, 5.41) is 7.52. The number of rotatable bonds is 7. The SMILES string of the molecule is Cc1cccc(-c2ccc(-c3ccc(-c4cc(-c5nc(-c6ccccc6)nc(-c6ccccc6)n5)cc(-c5cc6cccc7ccc8cccc5c8c76)c4)cc3)cc2)n1. The minimum atomic E-state index is 0.623. The molecule has 0 aliphatic rings. The minimum absolute atomic E-state index is 0.623. The van der Waals surface area contributed by atoms with Gasteiger partial charge >= 0.3 is 0 Å². The van der Waals surface area contributed by atoms with Crippen LogP contribution in [0.15, 0.2) is 200 Å². The zero-order valence-electron chi connectivity index (χ0n) is 32.3. The number of aromatic nitrogens is 4. The lowest BCUT2D eigenvalue weighted by Gasteiger charge is -2.17. The number of hydrogen-bond donors (Lipinski definition) is 0. The molecule has 59 heavy (non-hydrogen) atoms. The molecule has 0 fully saturated rings. The Bertz CT molecular complexity index is 3250. The predicted molar refractivity (Wildman–Crippen MR) is 244 cm³/mol. The first-order valence-electron chi connectivity index (χ1n) is 20.0. The van der Waals surface area contributed by atoms with Gasteiger partial charge in [0, 0.05) is 27.9 Å². The van der Waals surface area contributed by atoms with Crippen molar-refractivity contribution in [3.63, 3.8) is 0 Å². The second kappa shape index (κ2) is 14.3. The summed E-state index contributed by atoms with van der Waals surface area (Å²) < 4.78 is 0. The minimum Gasteiger partial charge on any atom is -0.253 e. The van der Waals surface area contributed by atoms with Crippen LogP contribution in [-0.2, 0) is 0 Å². The van der Waals surface area contributed by atoms with E-state index in [0.717, 1.165) is 61.5 Å². The van der Waals surface area contributed by atoms with Crippen molar-refractivity contribution in [1.29, 1.82) is 0 Å². The molecule has 0 aliphatic heterocycles. The maximum atomic E-state index is 5.17. The van der Waals surface area contributed by atoms with Crippen LogP contribution in [-0.4, -0.2) is 19.9 Å². The molecule has 0 bridgehead atoms. The van der Waals surface area contributed by atoms with E-state index in [1.54, 1.807) is 0 Å². The van der Waals surface area contributed by atoms with Gasteiger partial charge in [-0.3, -0.25) is 4.98 Å². The maximum absolute atomic E-state index is 5.17. The zero-order valence-corrected chi connectivity index (χ0v) is 32.3. The Kier molecular flexibility index (Phi) is 8.34. The van der Waals surface area contributed by atoms with E-state index in [1.807, 2.05) is 49.4 Å². The average Bonchev–Trinajstić information content (AvgIpc) is 3.31. The van der Waals surface area contributed by atoms with Crippen LogP contribution < -0.4 is 0 Å². The van der Waals surface area contributed by atoms with Crippen LogP contribution in [0.1, 0.15) is 5.69 Å². The third-order valence-corrected chi connectivity index (χ3v) is 11.3. The molecule has 0 spiro atoms. The number of hydrogen-bond acceptors (Lipinski definition) is 4. The molecule has 11 aromatic rings. The second-order valence-corrected chi connectivity index (χ2v) is 15.1. The van der Waals surface area contributed by atoms with Gasteiger partial charge in [-0.15, -0.1) is 0 Å². The smallest absolute Gasteiger partial charge is 0.164 e. The summed E-state index contributed by atoms with van der Waals surface area (Å²) in [6, 6.07) is 70.8. The largest absolute Gasteiger partial charge is 0.253 e. The highest BCUT2D eigenvalue weighted by Crippen LogP contribution is 2.42. The van der Waals surface area contributed by atoms with Crippen LogP contribution in [0.25, 0.3) is 111 Å². The lowest BCUT2D eigenvalue weighted by molar-refractivity contribution is 1.07. The van der Waals surface area contributed by atoms with Gasteiger partial charge in [0.2, 0.25) is 0 Å². The molecule has 276 valence electrons. The van der Waals surface area contributed by atoms with E-state index in [1.165, 1.54) is 37.9 Å². The second-order valence-electron chi connectivity index (χ2n) is 15.1. The number of aryl methyl sites for hydroxylation is 1. The Hall–Kier alpha value is -7.82. The molecule has 0 atom stereocenters. The first kappa shape index (κ1) is 34.4. The van der Waals surface area contributed by atoms with E-state index in [4.69, 9.17) is 19.9 Å². The van der Waals surface area contributed by atoms with Crippen LogP contribution in [0.2, 0.25) is 0 Å². The Labute approximate surface area is 342 Å². The molecule has 0 amide bonds. The predicted octanol–water partition coefficient (Wildman–Crippen LogP) is 14.1. The van der Waals surface area contributed by atoms with E-state index in [9.17, 15) is 0 Å². The van der Waals surface area contributed by atoms with Crippen LogP contribution in [0.3, 0.4) is 0 Å². The molecular formula is C55H36N4. The van der Waals surface area contributed by atoms with Crippen LogP contribution in [0.4, 0.5) is 0 Å². The first-order chi connectivity index (χ1) is 29.1. The molecule has 0 unspecified atom stereocenters. The molecule has 0 N–H and O–H groups in total. The molecule has 2 aromatic heterocycles. The summed E-state index contributed by atoms with van der Waals surface area (Å²) in [6.45, 7) is 2.03. The molecule has 0 saturated heterocycles. The van der Waals surface area contributed by atoms with E-state index in [0.29, 0.717) is 17.5 Å². The molecule has 2 heterocycles. The van der Waals surface area contributed by atoms with Crippen molar-refractivity contribution in [2.75, 3.05) is 0 Å². The molecule has 4 heteroatoms. The third kappa shape index (κ3) is 6.37. The highest BCUT2D eigenvalue weighted by Gasteiger charge is 2.18. The normalized spacial score (nSPS) is 11.5. The van der Waals surface area contributed by atoms with Gasteiger partial charge < -0.3 is 0 Å². The summed E-state index contributed by atoms with van der Waals surface area (Å²) in [5.41, 5.74) is 12.7. The Morgan fingerprint density at radius 3 is 1.41 bits per heavy atom. The van der Waals surface area contributed by atoms with E-state index >= 15 is 0 Å². The van der Waals surface area contributed by atoms with E-state index in [2.05, 4.69) is 158 Å². The monoisotopic (exact) mass is 752 g/mol. The highest BCUT2D eigenvalue weighted by molar-refractivity contribution is 6.26. The van der Waals surface area contributed by atoms with Crippen LogP contribution in [0, 0.1) is 6.92 Å². The third-order valence-electron chi connectivity index (χ3n) is 11.3. The van der Waals surface area contributed by atoms with Gasteiger partial charge in [0.05, 0.1) is 5.69 Å². The lowest BCUT2D eigenvalue weighted by atomic mass is 9.87. The summed E-state index contributed by atoms with van der Waals surface area (Å²) >= 11 is 0. The summed E-state index contributed by atoms with van der Waals surface area (Å²) in [5.74, 6) is 1.90. The van der Waals surface area contributed by atoms with Crippen molar-refractivity contribution < 1.29 is 0 Å². The number of benzene rings is 9. The zero-order chi connectivity index (χ0) is 39.3. The average molecular weight is 753 g/mol. The summed E-state index contributed by atoms with van der Waals surface area (Å²) in [4.78, 5) is 20.0. The van der Waals surface area contributed by atoms with Gasteiger partial charge in [0.1, 0.15) is 0 Å². The molecule has 11 rings (SSSR count). The van der Waals surface area contributed by atoms with Gasteiger partial charge in [-0.2, -0.15) is 0 Å². The van der Waals surface area contributed by atoms with Gasteiger partial charge in [-0.25, -0.2) is 15.0 Å². The summed E-state index contributed by atoms with van der Waals surface area (Å²) in [6.07, 6.45) is 0. The Morgan fingerprint density at radius 2 is 0.780 bits per heavy atom. The standard InChI is InChI=1S/C55H36N4/c1-35-11-8-20-50(56-35)39-27-25-37(26-28-39)36-21-23-38(24-22-36)45-31-46(49-34-44-18-9-16-40-29-30-41-17-10-19-48(49)52(41)51(40)44)33-47(32-45)55-58-53(42-12-4-2-5-13-42)57-54(59-55)43-14-6-3-7-15-43/h2-34H,1H3. The number of pyridine rings is 1. The first-order valence-corrected chi connectivity index (χ1v) is 20.0. The van der Waals surface area contributed by atoms with Crippen LogP contribution >= 0.6 is 0 Å². The van der Waals surface area contributed by atoms with E-state index in [-0.39, 0.29) is 0 Å². The fourth-order valence-electron chi connectivity index (χ4n) is 8.41. The number of nitrogens with zero attached hydrogens (tertiary/aromatic N) is 4. The van der Waals surface area contributed by atoms with Crippen LogP contribution in [0.5, 0.6) is 0 Å². The van der Waals surface area contributed by atoms with Gasteiger partial charge in [-0.1, -0.05) is 164 Å². The van der Waals surface area contributed by atoms with Gasteiger partial charge in [-0.05, 0) is 109 Å². The van der Waals surface area contributed by atoms with Crippen molar-refractivity contribution in [3.05, 3.63) is 206 Å². The van der Waals surface area contributed by atoms with Crippen molar-refractivity contribution in [2.24, 2.45) is 0 Å². The molecule has 0 saturated carbocycles. The topological polar surface area (TPSA) is 51.6 Å². The Morgan fingerprint density at radius 1 is 0.288 bits per heavy atom. The highest BCUT2D eigenvalue weighted by atomic mass is 15.0.